The van der Waals surface area contributed by atoms with Gasteiger partial charge in [0.05, 0.1) is 0 Å². The number of carbonyl (C=O) groups excluding carboxylic acids is 3. The molecule has 0 N–H and O–H groups in total. The summed E-state index contributed by atoms with van der Waals surface area (Å²) in [4.78, 5) is 44.4. The van der Waals surface area contributed by atoms with Gasteiger partial charge in [-0.15, -0.1) is 0 Å². The van der Waals surface area contributed by atoms with Gasteiger partial charge in [-0.1, -0.05) is 24.3 Å². The minimum absolute atomic E-state index is 0.0379. The van der Waals surface area contributed by atoms with Crippen LogP contribution < -0.4 is 9.47 Å². The van der Waals surface area contributed by atoms with Gasteiger partial charge in [-0.2, -0.15) is 0 Å². The number of piperazine rings is 1. The molecule has 8 nitrogen and oxygen atoms in total. The highest BCUT2D eigenvalue weighted by Crippen LogP contribution is 2.33. The third kappa shape index (κ3) is 3.38. The summed E-state index contributed by atoms with van der Waals surface area (Å²) in [7, 11) is 0. The van der Waals surface area contributed by atoms with E-state index in [0.717, 1.165) is 10.8 Å². The van der Waals surface area contributed by atoms with Crippen molar-refractivity contribution in [1.82, 2.24) is 14.7 Å². The molecule has 8 heteroatoms. The van der Waals surface area contributed by atoms with Crippen LogP contribution in [0.3, 0.4) is 0 Å². The van der Waals surface area contributed by atoms with E-state index in [9.17, 15) is 14.4 Å². The summed E-state index contributed by atoms with van der Waals surface area (Å²) < 4.78 is 10.7. The van der Waals surface area contributed by atoms with Gasteiger partial charge in [-0.25, -0.2) is 0 Å². The van der Waals surface area contributed by atoms with Crippen molar-refractivity contribution in [3.63, 3.8) is 0 Å². The fourth-order valence-corrected chi connectivity index (χ4v) is 4.91. The summed E-state index contributed by atoms with van der Waals surface area (Å²) in [5.41, 5.74) is 1.73. The zero-order valence-electron chi connectivity index (χ0n) is 18.5. The fraction of sp³-hybridized carbons (Fsp3) is 0.269. The van der Waals surface area contributed by atoms with Gasteiger partial charge in [0.25, 0.3) is 17.7 Å². The summed E-state index contributed by atoms with van der Waals surface area (Å²) in [5, 5.41) is 1.64. The largest absolute Gasteiger partial charge is 0.454 e. The van der Waals surface area contributed by atoms with Gasteiger partial charge in [0, 0.05) is 61.3 Å². The average molecular weight is 457 g/mol. The Morgan fingerprint density at radius 2 is 1.47 bits per heavy atom. The Hall–Kier alpha value is -3.91. The zero-order valence-corrected chi connectivity index (χ0v) is 18.5. The average Bonchev–Trinajstić information content (AvgIpc) is 3.35. The van der Waals surface area contributed by atoms with Crippen molar-refractivity contribution in [3.8, 4) is 11.5 Å². The monoisotopic (exact) mass is 457 g/mol. The summed E-state index contributed by atoms with van der Waals surface area (Å²) >= 11 is 0. The number of hydrogen-bond acceptors (Lipinski definition) is 6. The van der Waals surface area contributed by atoms with Crippen LogP contribution in [0, 0.1) is 0 Å². The number of rotatable bonds is 4. The number of carbonyl (C=O) groups is 3. The molecular formula is C26H23N3O5. The van der Waals surface area contributed by atoms with Crippen LogP contribution in [0.1, 0.15) is 31.1 Å². The predicted molar refractivity (Wildman–Crippen MR) is 124 cm³/mol. The molecule has 3 aromatic rings. The van der Waals surface area contributed by atoms with Crippen LogP contribution in [-0.2, 0) is 0 Å². The topological polar surface area (TPSA) is 79.4 Å². The van der Waals surface area contributed by atoms with Crippen molar-refractivity contribution < 1.29 is 23.9 Å². The minimum Gasteiger partial charge on any atom is -0.454 e. The first kappa shape index (κ1) is 20.7. The lowest BCUT2D eigenvalue weighted by molar-refractivity contribution is 0.0550. The van der Waals surface area contributed by atoms with Gasteiger partial charge in [0.1, 0.15) is 0 Å². The van der Waals surface area contributed by atoms with Gasteiger partial charge in [-0.3, -0.25) is 24.2 Å². The molecule has 0 aromatic heterocycles. The fourth-order valence-electron chi connectivity index (χ4n) is 4.91. The van der Waals surface area contributed by atoms with Crippen molar-refractivity contribution in [1.29, 1.82) is 0 Å². The van der Waals surface area contributed by atoms with Crippen LogP contribution in [0.4, 0.5) is 0 Å². The number of amides is 3. The molecule has 6 rings (SSSR count). The van der Waals surface area contributed by atoms with Crippen LogP contribution >= 0.6 is 0 Å². The highest BCUT2D eigenvalue weighted by atomic mass is 16.7. The number of ether oxygens (including phenoxy) is 2. The third-order valence-corrected chi connectivity index (χ3v) is 6.77. The molecule has 172 valence electrons. The molecule has 0 saturated carbocycles. The number of benzene rings is 3. The minimum atomic E-state index is -0.245. The second-order valence-electron chi connectivity index (χ2n) is 8.67. The van der Waals surface area contributed by atoms with E-state index in [0.29, 0.717) is 67.5 Å². The lowest BCUT2D eigenvalue weighted by Crippen LogP contribution is -2.51. The highest BCUT2D eigenvalue weighted by molar-refractivity contribution is 6.25. The first-order valence-electron chi connectivity index (χ1n) is 11.4. The second kappa shape index (κ2) is 8.14. The van der Waals surface area contributed by atoms with Gasteiger partial charge >= 0.3 is 0 Å². The summed E-state index contributed by atoms with van der Waals surface area (Å²) in [6, 6.07) is 16.4. The van der Waals surface area contributed by atoms with Crippen molar-refractivity contribution in [2.45, 2.75) is 0 Å². The van der Waals surface area contributed by atoms with Crippen LogP contribution in [-0.4, -0.2) is 78.5 Å². The Kier molecular flexibility index (Phi) is 4.95. The van der Waals surface area contributed by atoms with E-state index < -0.39 is 0 Å². The normalized spacial score (nSPS) is 17.5. The molecule has 0 aliphatic carbocycles. The standard InChI is InChI=1S/C26H23N3O5/c30-24(18-7-8-21-22(15-18)34-16-33-21)28-12-9-27(10-13-28)11-14-29-25(31)19-5-1-3-17-4-2-6-20(23(17)19)26(29)32/h1-8,15H,9-14,16H2. The predicted octanol–water partition coefficient (Wildman–Crippen LogP) is 2.62. The van der Waals surface area contributed by atoms with Gasteiger partial charge in [0.2, 0.25) is 6.79 Å². The lowest BCUT2D eigenvalue weighted by atomic mass is 9.94. The summed E-state index contributed by atoms with van der Waals surface area (Å²) in [6.45, 7) is 3.58. The molecule has 34 heavy (non-hydrogen) atoms. The number of nitrogens with zero attached hydrogens (tertiary/aromatic N) is 3. The van der Waals surface area contributed by atoms with E-state index in [1.54, 1.807) is 30.3 Å². The van der Waals surface area contributed by atoms with E-state index in [1.165, 1.54) is 4.90 Å². The molecule has 1 saturated heterocycles. The summed E-state index contributed by atoms with van der Waals surface area (Å²) in [5.74, 6) is 0.723. The van der Waals surface area contributed by atoms with Crippen molar-refractivity contribution in [3.05, 3.63) is 71.3 Å². The van der Waals surface area contributed by atoms with Crippen LogP contribution in [0.5, 0.6) is 11.5 Å². The maximum atomic E-state index is 13.1. The number of fused-ring (bicyclic) bond motifs is 1. The number of hydrogen-bond donors (Lipinski definition) is 0. The highest BCUT2D eigenvalue weighted by Gasteiger charge is 2.33. The molecular weight excluding hydrogens is 434 g/mol. The van der Waals surface area contributed by atoms with E-state index in [-0.39, 0.29) is 24.5 Å². The Balaban J connectivity index is 1.09. The van der Waals surface area contributed by atoms with E-state index in [4.69, 9.17) is 9.47 Å². The van der Waals surface area contributed by atoms with Crippen LogP contribution in [0.2, 0.25) is 0 Å². The third-order valence-electron chi connectivity index (χ3n) is 6.77. The molecule has 0 spiro atoms. The van der Waals surface area contributed by atoms with Crippen LogP contribution in [0.25, 0.3) is 10.8 Å². The van der Waals surface area contributed by atoms with Crippen LogP contribution in [0.15, 0.2) is 54.6 Å². The second-order valence-corrected chi connectivity index (χ2v) is 8.67. The summed E-state index contributed by atoms with van der Waals surface area (Å²) in [6.07, 6.45) is 0. The first-order chi connectivity index (χ1) is 16.6. The SMILES string of the molecule is O=C(c1ccc2c(c1)OCO2)N1CCN(CCN2C(=O)c3cccc4cccc(c34)C2=O)CC1. The van der Waals surface area contributed by atoms with Gasteiger partial charge in [0.15, 0.2) is 11.5 Å². The van der Waals surface area contributed by atoms with Gasteiger partial charge in [-0.05, 0) is 35.7 Å². The molecule has 3 aliphatic rings. The Morgan fingerprint density at radius 3 is 2.18 bits per heavy atom. The van der Waals surface area contributed by atoms with Crippen molar-refractivity contribution in [2.75, 3.05) is 46.1 Å². The Bertz CT molecular complexity index is 1280. The molecule has 0 radical (unpaired) electrons. The van der Waals surface area contributed by atoms with Crippen molar-refractivity contribution in [2.24, 2.45) is 0 Å². The molecule has 1 fully saturated rings. The quantitative estimate of drug-likeness (QED) is 0.561. The maximum Gasteiger partial charge on any atom is 0.261 e. The molecule has 3 aliphatic heterocycles. The molecule has 0 unspecified atom stereocenters. The smallest absolute Gasteiger partial charge is 0.261 e. The molecule has 0 bridgehead atoms. The maximum absolute atomic E-state index is 13.1. The Morgan fingerprint density at radius 1 is 0.794 bits per heavy atom. The molecule has 0 atom stereocenters. The molecule has 3 amide bonds. The van der Waals surface area contributed by atoms with E-state index in [1.807, 2.05) is 29.2 Å². The first-order valence-corrected chi connectivity index (χ1v) is 11.4. The van der Waals surface area contributed by atoms with E-state index >= 15 is 0 Å². The van der Waals surface area contributed by atoms with Gasteiger partial charge < -0.3 is 14.4 Å². The molecule has 3 aromatic carbocycles. The Labute approximate surface area is 196 Å². The number of imide groups is 1. The van der Waals surface area contributed by atoms with Crippen molar-refractivity contribution >= 4 is 28.5 Å². The zero-order chi connectivity index (χ0) is 23.2. The van der Waals surface area contributed by atoms with E-state index in [2.05, 4.69) is 4.90 Å². The lowest BCUT2D eigenvalue weighted by Gasteiger charge is -2.36. The molecule has 3 heterocycles.